The Morgan fingerprint density at radius 1 is 1.14 bits per heavy atom. The molecule has 1 N–H and O–H groups in total. The Bertz CT molecular complexity index is 964. The van der Waals surface area contributed by atoms with Gasteiger partial charge in [0.1, 0.15) is 18.9 Å². The standard InChI is InChI=1S/C19H22Cl2N2O4S/c1-13-4-5-14(2)18(10-13)27-9-8-22-19(24)12-23(28(3,25)26)17-11-15(20)6-7-16(17)21/h4-7,10-11H,8-9,12H2,1-3H3,(H,22,24). The first-order valence-corrected chi connectivity index (χ1v) is 11.1. The number of rotatable bonds is 8. The lowest BCUT2D eigenvalue weighted by Crippen LogP contribution is -2.41. The van der Waals surface area contributed by atoms with Crippen LogP contribution >= 0.6 is 23.2 Å². The van der Waals surface area contributed by atoms with Gasteiger partial charge in [0.15, 0.2) is 0 Å². The minimum atomic E-state index is -3.74. The number of carbonyl (C=O) groups is 1. The Labute approximate surface area is 175 Å². The van der Waals surface area contributed by atoms with Crippen LogP contribution in [0.2, 0.25) is 10.0 Å². The average molecular weight is 445 g/mol. The van der Waals surface area contributed by atoms with E-state index in [9.17, 15) is 13.2 Å². The Hall–Kier alpha value is -1.96. The molecule has 0 aromatic heterocycles. The van der Waals surface area contributed by atoms with E-state index in [0.717, 1.165) is 27.4 Å². The summed E-state index contributed by atoms with van der Waals surface area (Å²) in [5.41, 5.74) is 2.22. The number of benzene rings is 2. The molecule has 0 bridgehead atoms. The highest BCUT2D eigenvalue weighted by Crippen LogP contribution is 2.30. The van der Waals surface area contributed by atoms with E-state index >= 15 is 0 Å². The van der Waals surface area contributed by atoms with Crippen molar-refractivity contribution in [2.45, 2.75) is 13.8 Å². The van der Waals surface area contributed by atoms with Crippen LogP contribution in [0.15, 0.2) is 36.4 Å². The van der Waals surface area contributed by atoms with Crippen LogP contribution in [0.4, 0.5) is 5.69 Å². The fourth-order valence-electron chi connectivity index (χ4n) is 2.46. The summed E-state index contributed by atoms with van der Waals surface area (Å²) in [6.07, 6.45) is 1.00. The largest absolute Gasteiger partial charge is 0.491 e. The van der Waals surface area contributed by atoms with Crippen molar-refractivity contribution in [3.8, 4) is 5.75 Å². The highest BCUT2D eigenvalue weighted by atomic mass is 35.5. The van der Waals surface area contributed by atoms with Crippen molar-refractivity contribution in [2.24, 2.45) is 0 Å². The molecule has 0 spiro atoms. The normalized spacial score (nSPS) is 11.2. The Morgan fingerprint density at radius 2 is 1.86 bits per heavy atom. The summed E-state index contributed by atoms with van der Waals surface area (Å²) in [6, 6.07) is 10.3. The first-order valence-electron chi connectivity index (χ1n) is 8.47. The summed E-state index contributed by atoms with van der Waals surface area (Å²) in [4.78, 5) is 12.3. The van der Waals surface area contributed by atoms with Gasteiger partial charge in [-0.15, -0.1) is 0 Å². The average Bonchev–Trinajstić information content (AvgIpc) is 2.61. The van der Waals surface area contributed by atoms with E-state index in [-0.39, 0.29) is 23.9 Å². The Morgan fingerprint density at radius 3 is 2.54 bits per heavy atom. The minimum absolute atomic E-state index is 0.151. The Balaban J connectivity index is 1.97. The van der Waals surface area contributed by atoms with E-state index in [0.29, 0.717) is 5.02 Å². The zero-order valence-corrected chi connectivity index (χ0v) is 18.2. The van der Waals surface area contributed by atoms with Gasteiger partial charge in [0, 0.05) is 5.02 Å². The molecule has 2 aromatic carbocycles. The minimum Gasteiger partial charge on any atom is -0.491 e. The van der Waals surface area contributed by atoms with Crippen LogP contribution < -0.4 is 14.4 Å². The van der Waals surface area contributed by atoms with Crippen LogP contribution in [0.3, 0.4) is 0 Å². The van der Waals surface area contributed by atoms with E-state index in [1.54, 1.807) is 6.07 Å². The van der Waals surface area contributed by atoms with Crippen molar-refractivity contribution in [3.05, 3.63) is 57.6 Å². The molecule has 0 fully saturated rings. The summed E-state index contributed by atoms with van der Waals surface area (Å²) in [5, 5.41) is 3.14. The molecule has 152 valence electrons. The maximum Gasteiger partial charge on any atom is 0.240 e. The van der Waals surface area contributed by atoms with E-state index in [2.05, 4.69) is 5.32 Å². The van der Waals surface area contributed by atoms with Gasteiger partial charge in [0.05, 0.1) is 23.5 Å². The van der Waals surface area contributed by atoms with E-state index < -0.39 is 22.5 Å². The zero-order valence-electron chi connectivity index (χ0n) is 15.8. The summed E-state index contributed by atoms with van der Waals surface area (Å²) < 4.78 is 30.9. The van der Waals surface area contributed by atoms with Gasteiger partial charge in [-0.1, -0.05) is 35.3 Å². The molecule has 0 aliphatic heterocycles. The van der Waals surface area contributed by atoms with Crippen molar-refractivity contribution >= 4 is 44.8 Å². The summed E-state index contributed by atoms with van der Waals surface area (Å²) in [7, 11) is -3.74. The second-order valence-corrected chi connectivity index (χ2v) is 9.08. The molecule has 0 saturated heterocycles. The van der Waals surface area contributed by atoms with E-state index in [4.69, 9.17) is 27.9 Å². The molecule has 0 aliphatic rings. The summed E-state index contributed by atoms with van der Waals surface area (Å²) in [5.74, 6) is 0.267. The quantitative estimate of drug-likeness (QED) is 0.631. The highest BCUT2D eigenvalue weighted by Gasteiger charge is 2.23. The number of anilines is 1. The van der Waals surface area contributed by atoms with Gasteiger partial charge in [0.2, 0.25) is 15.9 Å². The SMILES string of the molecule is Cc1ccc(C)c(OCCNC(=O)CN(c2cc(Cl)ccc2Cl)S(C)(=O)=O)c1. The molecular weight excluding hydrogens is 423 g/mol. The summed E-state index contributed by atoms with van der Waals surface area (Å²) >= 11 is 12.0. The van der Waals surface area contributed by atoms with Crippen molar-refractivity contribution in [3.63, 3.8) is 0 Å². The third-order valence-electron chi connectivity index (χ3n) is 3.89. The number of nitrogens with one attached hydrogen (secondary N) is 1. The maximum absolute atomic E-state index is 12.3. The third kappa shape index (κ3) is 6.29. The van der Waals surface area contributed by atoms with Crippen LogP contribution in [0.25, 0.3) is 0 Å². The van der Waals surface area contributed by atoms with Gasteiger partial charge in [-0.05, 0) is 49.2 Å². The van der Waals surface area contributed by atoms with Gasteiger partial charge >= 0.3 is 0 Å². The van der Waals surface area contributed by atoms with Crippen LogP contribution in [0.1, 0.15) is 11.1 Å². The van der Waals surface area contributed by atoms with Crippen LogP contribution in [0.5, 0.6) is 5.75 Å². The predicted octanol–water partition coefficient (Wildman–Crippen LogP) is 3.57. The summed E-state index contributed by atoms with van der Waals surface area (Å²) in [6.45, 7) is 3.98. The molecule has 0 unspecified atom stereocenters. The molecule has 6 nitrogen and oxygen atoms in total. The maximum atomic E-state index is 12.3. The number of sulfonamides is 1. The van der Waals surface area contributed by atoms with Gasteiger partial charge in [-0.25, -0.2) is 8.42 Å². The van der Waals surface area contributed by atoms with Crippen LogP contribution in [-0.2, 0) is 14.8 Å². The third-order valence-corrected chi connectivity index (χ3v) is 5.57. The second-order valence-electron chi connectivity index (χ2n) is 6.33. The van der Waals surface area contributed by atoms with Crippen molar-refractivity contribution in [1.82, 2.24) is 5.32 Å². The van der Waals surface area contributed by atoms with Crippen LogP contribution in [0, 0.1) is 13.8 Å². The smallest absolute Gasteiger partial charge is 0.240 e. The van der Waals surface area contributed by atoms with E-state index in [1.807, 2.05) is 32.0 Å². The molecule has 2 rings (SSSR count). The number of amides is 1. The fourth-order valence-corrected chi connectivity index (χ4v) is 3.75. The molecule has 0 atom stereocenters. The fraction of sp³-hybridized carbons (Fsp3) is 0.316. The number of hydrogen-bond donors (Lipinski definition) is 1. The lowest BCUT2D eigenvalue weighted by atomic mass is 10.1. The molecule has 9 heteroatoms. The van der Waals surface area contributed by atoms with Crippen molar-refractivity contribution in [2.75, 3.05) is 30.3 Å². The van der Waals surface area contributed by atoms with Crippen molar-refractivity contribution < 1.29 is 17.9 Å². The first kappa shape index (κ1) is 22.3. The monoisotopic (exact) mass is 444 g/mol. The molecule has 0 radical (unpaired) electrons. The van der Waals surface area contributed by atoms with Gasteiger partial charge in [-0.3, -0.25) is 9.10 Å². The number of carbonyl (C=O) groups excluding carboxylic acids is 1. The highest BCUT2D eigenvalue weighted by molar-refractivity contribution is 7.92. The lowest BCUT2D eigenvalue weighted by Gasteiger charge is -2.23. The molecule has 0 saturated carbocycles. The number of aryl methyl sites for hydroxylation is 2. The molecule has 2 aromatic rings. The van der Waals surface area contributed by atoms with Gasteiger partial charge in [0.25, 0.3) is 0 Å². The second kappa shape index (κ2) is 9.49. The molecule has 0 aliphatic carbocycles. The Kier molecular flexibility index (Phi) is 7.57. The lowest BCUT2D eigenvalue weighted by molar-refractivity contribution is -0.119. The predicted molar refractivity (Wildman–Crippen MR) is 113 cm³/mol. The number of nitrogens with zero attached hydrogens (tertiary/aromatic N) is 1. The number of hydrogen-bond acceptors (Lipinski definition) is 4. The number of halogens is 2. The molecule has 28 heavy (non-hydrogen) atoms. The first-order chi connectivity index (χ1) is 13.1. The van der Waals surface area contributed by atoms with Gasteiger partial charge < -0.3 is 10.1 Å². The van der Waals surface area contributed by atoms with Crippen LogP contribution in [-0.4, -0.2) is 40.3 Å². The van der Waals surface area contributed by atoms with E-state index in [1.165, 1.54) is 12.1 Å². The van der Waals surface area contributed by atoms with Crippen molar-refractivity contribution in [1.29, 1.82) is 0 Å². The topological polar surface area (TPSA) is 75.7 Å². The van der Waals surface area contributed by atoms with Gasteiger partial charge in [-0.2, -0.15) is 0 Å². The molecule has 0 heterocycles. The zero-order chi connectivity index (χ0) is 20.9. The molecular formula is C19H22Cl2N2O4S. The molecule has 1 amide bonds. The number of ether oxygens (including phenoxy) is 1.